The van der Waals surface area contributed by atoms with Gasteiger partial charge < -0.3 is 4.74 Å². The molecule has 2 nitrogen and oxygen atoms in total. The summed E-state index contributed by atoms with van der Waals surface area (Å²) in [4.78, 5) is 2.42. The molecule has 1 fully saturated rings. The molecule has 0 saturated carbocycles. The van der Waals surface area contributed by atoms with Gasteiger partial charge in [-0.05, 0) is 18.3 Å². The van der Waals surface area contributed by atoms with Crippen molar-refractivity contribution in [1.82, 2.24) is 4.90 Å². The lowest BCUT2D eigenvalue weighted by Crippen LogP contribution is -2.26. The molecule has 0 N–H and O–H groups in total. The second-order valence-corrected chi connectivity index (χ2v) is 5.88. The highest BCUT2D eigenvalue weighted by atomic mass is 16.5. The van der Waals surface area contributed by atoms with Gasteiger partial charge in [-0.3, -0.25) is 4.90 Å². The van der Waals surface area contributed by atoms with Crippen LogP contribution in [0.4, 0.5) is 0 Å². The molecule has 96 valence electrons. The molecule has 0 aromatic carbocycles. The summed E-state index contributed by atoms with van der Waals surface area (Å²) in [6, 6.07) is 0. The minimum atomic E-state index is 0.510. The van der Waals surface area contributed by atoms with E-state index in [4.69, 9.17) is 4.74 Å². The number of nitrogens with zero attached hydrogens (tertiary/aromatic N) is 1. The summed E-state index contributed by atoms with van der Waals surface area (Å²) in [5.41, 5.74) is 0.510. The van der Waals surface area contributed by atoms with E-state index in [2.05, 4.69) is 25.7 Å². The Morgan fingerprint density at radius 3 is 2.56 bits per heavy atom. The van der Waals surface area contributed by atoms with E-state index in [-0.39, 0.29) is 0 Å². The molecule has 0 radical (unpaired) electrons. The predicted molar refractivity (Wildman–Crippen MR) is 69.5 cm³/mol. The first-order valence-corrected chi connectivity index (χ1v) is 6.94. The molecule has 0 unspecified atom stereocenters. The Morgan fingerprint density at radius 2 is 1.94 bits per heavy atom. The number of rotatable bonds is 8. The highest BCUT2D eigenvalue weighted by Crippen LogP contribution is 2.28. The minimum absolute atomic E-state index is 0.510. The maximum atomic E-state index is 5.36. The van der Waals surface area contributed by atoms with Crippen molar-refractivity contribution in [1.29, 1.82) is 0 Å². The van der Waals surface area contributed by atoms with Gasteiger partial charge in [0.25, 0.3) is 0 Å². The Hall–Kier alpha value is -0.0800. The zero-order valence-electron chi connectivity index (χ0n) is 11.4. The van der Waals surface area contributed by atoms with Crippen LogP contribution in [0.2, 0.25) is 0 Å². The molecule has 0 amide bonds. The van der Waals surface area contributed by atoms with Gasteiger partial charge in [0, 0.05) is 13.1 Å². The fraction of sp³-hybridized carbons (Fsp3) is 1.00. The standard InChI is InChI=1S/C14H29NO/c1-4-5-6-7-8-14(2,3)9-10-15-11-12-16-13-15/h4-13H2,1-3H3. The van der Waals surface area contributed by atoms with Crippen molar-refractivity contribution in [2.75, 3.05) is 26.4 Å². The Labute approximate surface area is 101 Å². The molecular weight excluding hydrogens is 198 g/mol. The summed E-state index contributed by atoms with van der Waals surface area (Å²) in [7, 11) is 0. The first-order chi connectivity index (χ1) is 7.64. The fourth-order valence-electron chi connectivity index (χ4n) is 2.24. The van der Waals surface area contributed by atoms with Crippen LogP contribution in [0.5, 0.6) is 0 Å². The van der Waals surface area contributed by atoms with E-state index in [0.29, 0.717) is 5.41 Å². The van der Waals surface area contributed by atoms with E-state index in [1.807, 2.05) is 0 Å². The molecule has 0 atom stereocenters. The maximum absolute atomic E-state index is 5.36. The van der Waals surface area contributed by atoms with E-state index < -0.39 is 0 Å². The quantitative estimate of drug-likeness (QED) is 0.587. The van der Waals surface area contributed by atoms with Gasteiger partial charge in [-0.25, -0.2) is 0 Å². The summed E-state index contributed by atoms with van der Waals surface area (Å²) in [6.45, 7) is 11.2. The SMILES string of the molecule is CCCCCCC(C)(C)CCN1CCOC1. The molecule has 0 aliphatic carbocycles. The van der Waals surface area contributed by atoms with Gasteiger partial charge in [-0.15, -0.1) is 0 Å². The van der Waals surface area contributed by atoms with Crippen molar-refractivity contribution in [3.05, 3.63) is 0 Å². The zero-order chi connectivity index (χ0) is 11.9. The lowest BCUT2D eigenvalue weighted by molar-refractivity contribution is 0.129. The zero-order valence-corrected chi connectivity index (χ0v) is 11.4. The van der Waals surface area contributed by atoms with E-state index in [1.165, 1.54) is 45.1 Å². The number of hydrogen-bond acceptors (Lipinski definition) is 2. The highest BCUT2D eigenvalue weighted by molar-refractivity contribution is 4.71. The van der Waals surface area contributed by atoms with Crippen molar-refractivity contribution in [3.63, 3.8) is 0 Å². The van der Waals surface area contributed by atoms with Crippen molar-refractivity contribution < 1.29 is 4.74 Å². The number of hydrogen-bond donors (Lipinski definition) is 0. The molecule has 0 aromatic rings. The monoisotopic (exact) mass is 227 g/mol. The van der Waals surface area contributed by atoms with Crippen LogP contribution in [-0.4, -0.2) is 31.3 Å². The molecule has 1 heterocycles. The van der Waals surface area contributed by atoms with Crippen LogP contribution in [0.3, 0.4) is 0 Å². The highest BCUT2D eigenvalue weighted by Gasteiger charge is 2.20. The molecular formula is C14H29NO. The Bertz CT molecular complexity index is 174. The van der Waals surface area contributed by atoms with Crippen LogP contribution < -0.4 is 0 Å². The molecule has 0 bridgehead atoms. The normalized spacial score (nSPS) is 18.2. The second-order valence-electron chi connectivity index (χ2n) is 5.88. The first kappa shape index (κ1) is 14.0. The number of ether oxygens (including phenoxy) is 1. The third kappa shape index (κ3) is 5.86. The van der Waals surface area contributed by atoms with E-state index in [9.17, 15) is 0 Å². The van der Waals surface area contributed by atoms with Crippen LogP contribution in [-0.2, 0) is 4.74 Å². The van der Waals surface area contributed by atoms with Gasteiger partial charge in [0.15, 0.2) is 0 Å². The summed E-state index contributed by atoms with van der Waals surface area (Å²) in [5.74, 6) is 0. The summed E-state index contributed by atoms with van der Waals surface area (Å²) < 4.78 is 5.36. The predicted octanol–water partition coefficient (Wildman–Crippen LogP) is 3.66. The molecule has 1 aliphatic rings. The molecule has 0 spiro atoms. The topological polar surface area (TPSA) is 12.5 Å². The van der Waals surface area contributed by atoms with Gasteiger partial charge in [-0.2, -0.15) is 0 Å². The minimum Gasteiger partial charge on any atom is -0.365 e. The smallest absolute Gasteiger partial charge is 0.0991 e. The summed E-state index contributed by atoms with van der Waals surface area (Å²) in [6.07, 6.45) is 8.23. The van der Waals surface area contributed by atoms with Gasteiger partial charge in [0.1, 0.15) is 0 Å². The maximum Gasteiger partial charge on any atom is 0.0991 e. The number of unbranched alkanes of at least 4 members (excludes halogenated alkanes) is 3. The van der Waals surface area contributed by atoms with Gasteiger partial charge in [0.05, 0.1) is 13.3 Å². The third-order valence-electron chi connectivity index (χ3n) is 3.64. The van der Waals surface area contributed by atoms with Crippen LogP contribution in [0.25, 0.3) is 0 Å². The van der Waals surface area contributed by atoms with Crippen molar-refractivity contribution in [2.24, 2.45) is 5.41 Å². The Morgan fingerprint density at radius 1 is 1.12 bits per heavy atom. The lowest BCUT2D eigenvalue weighted by Gasteiger charge is -2.27. The van der Waals surface area contributed by atoms with E-state index >= 15 is 0 Å². The van der Waals surface area contributed by atoms with Crippen molar-refractivity contribution in [2.45, 2.75) is 59.3 Å². The van der Waals surface area contributed by atoms with Crippen molar-refractivity contribution >= 4 is 0 Å². The molecule has 2 heteroatoms. The average molecular weight is 227 g/mol. The molecule has 1 aliphatic heterocycles. The van der Waals surface area contributed by atoms with Crippen LogP contribution in [0.1, 0.15) is 59.3 Å². The van der Waals surface area contributed by atoms with Crippen LogP contribution >= 0.6 is 0 Å². The molecule has 16 heavy (non-hydrogen) atoms. The lowest BCUT2D eigenvalue weighted by atomic mass is 9.83. The Balaban J connectivity index is 2.07. The molecule has 0 aromatic heterocycles. The third-order valence-corrected chi connectivity index (χ3v) is 3.64. The van der Waals surface area contributed by atoms with E-state index in [0.717, 1.165) is 19.9 Å². The van der Waals surface area contributed by atoms with Gasteiger partial charge in [-0.1, -0.05) is 46.5 Å². The fourth-order valence-corrected chi connectivity index (χ4v) is 2.24. The second kappa shape index (κ2) is 7.29. The van der Waals surface area contributed by atoms with E-state index in [1.54, 1.807) is 0 Å². The van der Waals surface area contributed by atoms with Crippen LogP contribution in [0, 0.1) is 5.41 Å². The van der Waals surface area contributed by atoms with Gasteiger partial charge >= 0.3 is 0 Å². The average Bonchev–Trinajstić information content (AvgIpc) is 2.75. The largest absolute Gasteiger partial charge is 0.365 e. The summed E-state index contributed by atoms with van der Waals surface area (Å²) in [5, 5.41) is 0. The summed E-state index contributed by atoms with van der Waals surface area (Å²) >= 11 is 0. The van der Waals surface area contributed by atoms with Gasteiger partial charge in [0.2, 0.25) is 0 Å². The van der Waals surface area contributed by atoms with Crippen LogP contribution in [0.15, 0.2) is 0 Å². The molecule has 1 saturated heterocycles. The van der Waals surface area contributed by atoms with Crippen molar-refractivity contribution in [3.8, 4) is 0 Å². The Kier molecular flexibility index (Phi) is 6.37. The molecule has 1 rings (SSSR count). The first-order valence-electron chi connectivity index (χ1n) is 6.94.